The Labute approximate surface area is 161 Å². The highest BCUT2D eigenvalue weighted by molar-refractivity contribution is 6.30. The Morgan fingerprint density at radius 3 is 2.57 bits per heavy atom. The van der Waals surface area contributed by atoms with Crippen LogP contribution in [0.5, 0.6) is 0 Å². The van der Waals surface area contributed by atoms with E-state index in [1.54, 1.807) is 24.3 Å². The SMILES string of the molecule is FC(F)(F)c1cccc(-c2nnn(Cc3cc(-c4cccc(Cl)c4)no3)n2)c1. The molecule has 0 unspecified atom stereocenters. The Bertz CT molecular complexity index is 1120. The van der Waals surface area contributed by atoms with Crippen LogP contribution in [0.15, 0.2) is 59.1 Å². The highest BCUT2D eigenvalue weighted by Gasteiger charge is 2.30. The first-order valence-electron chi connectivity index (χ1n) is 8.05. The van der Waals surface area contributed by atoms with Gasteiger partial charge in [0.2, 0.25) is 5.82 Å². The number of nitrogens with zero attached hydrogens (tertiary/aromatic N) is 5. The predicted molar refractivity (Wildman–Crippen MR) is 94.3 cm³/mol. The lowest BCUT2D eigenvalue weighted by Crippen LogP contribution is -2.05. The van der Waals surface area contributed by atoms with E-state index >= 15 is 0 Å². The van der Waals surface area contributed by atoms with E-state index in [2.05, 4.69) is 20.6 Å². The van der Waals surface area contributed by atoms with Crippen molar-refractivity contribution in [1.82, 2.24) is 25.4 Å². The first-order chi connectivity index (χ1) is 13.4. The minimum atomic E-state index is -4.44. The number of aromatic nitrogens is 5. The van der Waals surface area contributed by atoms with Gasteiger partial charge in [-0.05, 0) is 29.5 Å². The van der Waals surface area contributed by atoms with Gasteiger partial charge in [-0.25, -0.2) is 0 Å². The lowest BCUT2D eigenvalue weighted by molar-refractivity contribution is -0.137. The number of hydrogen-bond acceptors (Lipinski definition) is 5. The summed E-state index contributed by atoms with van der Waals surface area (Å²) >= 11 is 5.97. The van der Waals surface area contributed by atoms with E-state index < -0.39 is 11.7 Å². The van der Waals surface area contributed by atoms with Gasteiger partial charge in [0, 0.05) is 22.2 Å². The van der Waals surface area contributed by atoms with Gasteiger partial charge in [-0.2, -0.15) is 18.0 Å². The molecule has 0 aliphatic rings. The fourth-order valence-corrected chi connectivity index (χ4v) is 2.76. The molecule has 0 amide bonds. The maximum atomic E-state index is 12.9. The molecule has 0 radical (unpaired) electrons. The number of hydrogen-bond donors (Lipinski definition) is 0. The number of alkyl halides is 3. The molecule has 2 heterocycles. The normalized spacial score (nSPS) is 11.7. The molecule has 0 atom stereocenters. The number of rotatable bonds is 4. The Kier molecular flexibility index (Phi) is 4.60. The molecule has 0 fully saturated rings. The van der Waals surface area contributed by atoms with Crippen LogP contribution in [0.3, 0.4) is 0 Å². The van der Waals surface area contributed by atoms with Crippen molar-refractivity contribution in [3.05, 3.63) is 70.9 Å². The van der Waals surface area contributed by atoms with Crippen molar-refractivity contribution in [2.24, 2.45) is 0 Å². The molecule has 0 bridgehead atoms. The molecular formula is C18H11ClF3N5O. The molecular weight excluding hydrogens is 395 g/mol. The zero-order chi connectivity index (χ0) is 19.7. The highest BCUT2D eigenvalue weighted by atomic mass is 35.5. The Balaban J connectivity index is 1.53. The topological polar surface area (TPSA) is 69.6 Å². The minimum Gasteiger partial charge on any atom is -0.359 e. The molecule has 0 saturated carbocycles. The molecule has 4 rings (SSSR count). The van der Waals surface area contributed by atoms with Crippen LogP contribution in [0.2, 0.25) is 5.02 Å². The van der Waals surface area contributed by atoms with Gasteiger partial charge in [-0.3, -0.25) is 0 Å². The van der Waals surface area contributed by atoms with Crippen molar-refractivity contribution in [1.29, 1.82) is 0 Å². The molecule has 4 aromatic rings. The summed E-state index contributed by atoms with van der Waals surface area (Å²) in [5, 5.41) is 16.3. The summed E-state index contributed by atoms with van der Waals surface area (Å²) in [6.45, 7) is 0.125. The lowest BCUT2D eigenvalue weighted by Gasteiger charge is -2.06. The molecule has 0 aliphatic heterocycles. The average molecular weight is 406 g/mol. The van der Waals surface area contributed by atoms with Gasteiger partial charge >= 0.3 is 6.18 Å². The summed E-state index contributed by atoms with van der Waals surface area (Å²) in [6, 6.07) is 13.6. The first-order valence-corrected chi connectivity index (χ1v) is 8.43. The second-order valence-corrected chi connectivity index (χ2v) is 6.35. The maximum absolute atomic E-state index is 12.9. The van der Waals surface area contributed by atoms with E-state index in [4.69, 9.17) is 16.1 Å². The third-order valence-corrected chi connectivity index (χ3v) is 4.11. The van der Waals surface area contributed by atoms with Gasteiger partial charge in [0.25, 0.3) is 0 Å². The van der Waals surface area contributed by atoms with Crippen LogP contribution in [0.1, 0.15) is 11.3 Å². The molecule has 142 valence electrons. The van der Waals surface area contributed by atoms with Crippen LogP contribution in [0, 0.1) is 0 Å². The largest absolute Gasteiger partial charge is 0.416 e. The first kappa shape index (κ1) is 18.2. The van der Waals surface area contributed by atoms with E-state index in [0.717, 1.165) is 17.7 Å². The fraction of sp³-hybridized carbons (Fsp3) is 0.111. The van der Waals surface area contributed by atoms with Gasteiger partial charge in [-0.15, -0.1) is 10.2 Å². The molecule has 0 aliphatic carbocycles. The fourth-order valence-electron chi connectivity index (χ4n) is 2.57. The summed E-state index contributed by atoms with van der Waals surface area (Å²) in [6.07, 6.45) is -4.44. The van der Waals surface area contributed by atoms with Crippen LogP contribution in [0.4, 0.5) is 13.2 Å². The maximum Gasteiger partial charge on any atom is 0.416 e. The summed E-state index contributed by atoms with van der Waals surface area (Å²) in [5.74, 6) is 0.545. The van der Waals surface area contributed by atoms with Gasteiger partial charge in [0.05, 0.1) is 5.56 Å². The molecule has 6 nitrogen and oxygen atoms in total. The third kappa shape index (κ3) is 3.89. The van der Waals surface area contributed by atoms with E-state index in [0.29, 0.717) is 16.5 Å². The Morgan fingerprint density at radius 2 is 1.79 bits per heavy atom. The standard InChI is InChI=1S/C18H11ClF3N5O/c19-14-6-2-3-11(8-14)16-9-15(28-25-16)10-27-24-17(23-26-27)12-4-1-5-13(7-12)18(20,21)22/h1-9H,10H2. The lowest BCUT2D eigenvalue weighted by atomic mass is 10.1. The second kappa shape index (κ2) is 7.08. The van der Waals surface area contributed by atoms with Gasteiger partial charge in [0.15, 0.2) is 5.76 Å². The van der Waals surface area contributed by atoms with Crippen LogP contribution in [-0.2, 0) is 12.7 Å². The summed E-state index contributed by atoms with van der Waals surface area (Å²) < 4.78 is 43.8. The van der Waals surface area contributed by atoms with Gasteiger partial charge in [0.1, 0.15) is 12.2 Å². The second-order valence-electron chi connectivity index (χ2n) is 5.91. The van der Waals surface area contributed by atoms with Crippen molar-refractivity contribution in [3.63, 3.8) is 0 Å². The van der Waals surface area contributed by atoms with E-state index in [1.807, 2.05) is 6.07 Å². The highest BCUT2D eigenvalue weighted by Crippen LogP contribution is 2.31. The molecule has 0 N–H and O–H groups in total. The van der Waals surface area contributed by atoms with E-state index in [9.17, 15) is 13.2 Å². The zero-order valence-corrected chi connectivity index (χ0v) is 14.8. The molecule has 2 aromatic heterocycles. The zero-order valence-electron chi connectivity index (χ0n) is 14.1. The van der Waals surface area contributed by atoms with Crippen LogP contribution < -0.4 is 0 Å². The van der Waals surface area contributed by atoms with Crippen LogP contribution in [-0.4, -0.2) is 25.4 Å². The van der Waals surface area contributed by atoms with Crippen molar-refractivity contribution in [3.8, 4) is 22.6 Å². The minimum absolute atomic E-state index is 0.0840. The number of halogens is 4. The van der Waals surface area contributed by atoms with Crippen LogP contribution in [0.25, 0.3) is 22.6 Å². The Morgan fingerprint density at radius 1 is 1.00 bits per heavy atom. The smallest absolute Gasteiger partial charge is 0.359 e. The van der Waals surface area contributed by atoms with Gasteiger partial charge in [-0.1, -0.05) is 41.0 Å². The molecule has 0 saturated heterocycles. The van der Waals surface area contributed by atoms with Gasteiger partial charge < -0.3 is 4.52 Å². The van der Waals surface area contributed by atoms with Crippen molar-refractivity contribution < 1.29 is 17.7 Å². The predicted octanol–water partition coefficient (Wildman–Crippen LogP) is 4.72. The summed E-state index contributed by atoms with van der Waals surface area (Å²) in [5.41, 5.74) is 0.829. The summed E-state index contributed by atoms with van der Waals surface area (Å²) in [4.78, 5) is 1.22. The van der Waals surface area contributed by atoms with E-state index in [-0.39, 0.29) is 17.9 Å². The van der Waals surface area contributed by atoms with Crippen molar-refractivity contribution in [2.75, 3.05) is 0 Å². The van der Waals surface area contributed by atoms with Crippen molar-refractivity contribution in [2.45, 2.75) is 12.7 Å². The number of tetrazole rings is 1. The Hall–Kier alpha value is -3.20. The van der Waals surface area contributed by atoms with Crippen molar-refractivity contribution >= 4 is 11.6 Å². The van der Waals surface area contributed by atoms with Crippen LogP contribution >= 0.6 is 11.6 Å². The average Bonchev–Trinajstić information content (AvgIpc) is 3.31. The molecule has 28 heavy (non-hydrogen) atoms. The number of benzene rings is 2. The molecule has 0 spiro atoms. The van der Waals surface area contributed by atoms with E-state index in [1.165, 1.54) is 16.9 Å². The monoisotopic (exact) mass is 405 g/mol. The third-order valence-electron chi connectivity index (χ3n) is 3.88. The molecule has 2 aromatic carbocycles. The quantitative estimate of drug-likeness (QED) is 0.491. The summed E-state index contributed by atoms with van der Waals surface area (Å²) in [7, 11) is 0. The molecule has 10 heteroatoms.